The number of benzene rings is 1. The van der Waals surface area contributed by atoms with E-state index in [2.05, 4.69) is 15.5 Å². The van der Waals surface area contributed by atoms with Crippen molar-refractivity contribution >= 4 is 34.8 Å². The lowest BCUT2D eigenvalue weighted by Gasteiger charge is -2.36. The molecular formula is C15H21Cl2N3O. The van der Waals surface area contributed by atoms with Gasteiger partial charge in [0.15, 0.2) is 0 Å². The van der Waals surface area contributed by atoms with Crippen LogP contribution in [-0.2, 0) is 4.79 Å². The second-order valence-corrected chi connectivity index (χ2v) is 6.17. The van der Waals surface area contributed by atoms with Gasteiger partial charge >= 0.3 is 0 Å². The zero-order chi connectivity index (χ0) is 15.4. The molecule has 0 aliphatic carbocycles. The van der Waals surface area contributed by atoms with Gasteiger partial charge in [-0.2, -0.15) is 0 Å². The fourth-order valence-electron chi connectivity index (χ4n) is 2.60. The summed E-state index contributed by atoms with van der Waals surface area (Å²) in [7, 11) is 1.96. The summed E-state index contributed by atoms with van der Waals surface area (Å²) in [5.74, 6) is -0.0593. The van der Waals surface area contributed by atoms with Crippen LogP contribution in [0.4, 0.5) is 5.69 Å². The summed E-state index contributed by atoms with van der Waals surface area (Å²) in [4.78, 5) is 14.6. The Labute approximate surface area is 135 Å². The number of hydrogen-bond acceptors (Lipinski definition) is 3. The number of hydrogen-bond donors (Lipinski definition) is 2. The van der Waals surface area contributed by atoms with Gasteiger partial charge in [-0.3, -0.25) is 9.69 Å². The highest BCUT2D eigenvalue weighted by Gasteiger charge is 2.27. The number of rotatable bonds is 4. The first-order chi connectivity index (χ1) is 10.0. The Balaban J connectivity index is 2.00. The summed E-state index contributed by atoms with van der Waals surface area (Å²) < 4.78 is 0. The molecule has 2 unspecified atom stereocenters. The number of nitrogens with zero attached hydrogens (tertiary/aromatic N) is 1. The first-order valence-electron chi connectivity index (χ1n) is 7.19. The van der Waals surface area contributed by atoms with Crippen molar-refractivity contribution < 1.29 is 4.79 Å². The molecule has 1 aliphatic rings. The summed E-state index contributed by atoms with van der Waals surface area (Å²) in [6.45, 7) is 3.75. The molecule has 4 nitrogen and oxygen atoms in total. The molecule has 1 aromatic carbocycles. The first-order valence-corrected chi connectivity index (χ1v) is 7.94. The van der Waals surface area contributed by atoms with E-state index in [0.29, 0.717) is 21.8 Å². The molecule has 1 amide bonds. The predicted molar refractivity (Wildman–Crippen MR) is 88.2 cm³/mol. The van der Waals surface area contributed by atoms with E-state index in [-0.39, 0.29) is 11.9 Å². The summed E-state index contributed by atoms with van der Waals surface area (Å²) in [6, 6.07) is 5.48. The Bertz CT molecular complexity index is 510. The lowest BCUT2D eigenvalue weighted by molar-refractivity contribution is -0.121. The van der Waals surface area contributed by atoms with Gasteiger partial charge in [0.2, 0.25) is 5.91 Å². The van der Waals surface area contributed by atoms with Gasteiger partial charge in [0.1, 0.15) is 0 Å². The van der Waals surface area contributed by atoms with Gasteiger partial charge in [-0.15, -0.1) is 0 Å². The molecule has 0 aromatic heterocycles. The lowest BCUT2D eigenvalue weighted by atomic mass is 10.0. The molecule has 1 fully saturated rings. The van der Waals surface area contributed by atoms with Crippen molar-refractivity contribution in [3.8, 4) is 0 Å². The molecule has 2 rings (SSSR count). The van der Waals surface area contributed by atoms with Crippen molar-refractivity contribution in [2.24, 2.45) is 0 Å². The van der Waals surface area contributed by atoms with Crippen LogP contribution in [0.3, 0.4) is 0 Å². The van der Waals surface area contributed by atoms with E-state index >= 15 is 0 Å². The zero-order valence-electron chi connectivity index (χ0n) is 12.3. The lowest BCUT2D eigenvalue weighted by Crippen LogP contribution is -2.51. The number of likely N-dealkylation sites (N-methyl/N-ethyl adjacent to an activating group) is 1. The van der Waals surface area contributed by atoms with E-state index in [0.717, 1.165) is 25.9 Å². The fraction of sp³-hybridized carbons (Fsp3) is 0.533. The molecule has 1 saturated heterocycles. The van der Waals surface area contributed by atoms with Gasteiger partial charge in [-0.05, 0) is 45.5 Å². The zero-order valence-corrected chi connectivity index (χ0v) is 13.8. The average molecular weight is 330 g/mol. The predicted octanol–water partition coefficient (Wildman–Crippen LogP) is 3.00. The van der Waals surface area contributed by atoms with Crippen molar-refractivity contribution in [1.29, 1.82) is 0 Å². The van der Waals surface area contributed by atoms with Crippen molar-refractivity contribution in [2.75, 3.05) is 25.5 Å². The number of amides is 1. The largest absolute Gasteiger partial charge is 0.323 e. The number of halogens is 2. The Morgan fingerprint density at radius 3 is 2.90 bits per heavy atom. The number of piperidine rings is 1. The van der Waals surface area contributed by atoms with Gasteiger partial charge in [-0.1, -0.05) is 29.3 Å². The molecule has 1 aromatic rings. The highest BCUT2D eigenvalue weighted by atomic mass is 35.5. The number of nitrogens with one attached hydrogen (secondary N) is 2. The van der Waals surface area contributed by atoms with E-state index in [1.165, 1.54) is 0 Å². The first kappa shape index (κ1) is 16.6. The molecule has 0 radical (unpaired) electrons. The van der Waals surface area contributed by atoms with E-state index in [9.17, 15) is 4.79 Å². The van der Waals surface area contributed by atoms with Crippen LogP contribution in [0.2, 0.25) is 10.0 Å². The maximum atomic E-state index is 12.4. The molecule has 0 spiro atoms. The third-order valence-electron chi connectivity index (χ3n) is 4.00. The van der Waals surface area contributed by atoms with Crippen LogP contribution in [0.25, 0.3) is 0 Å². The minimum absolute atomic E-state index is 0.0593. The molecule has 6 heteroatoms. The standard InChI is InChI=1S/C15H21Cl2N3O/c1-10(20-8-4-5-11(9-20)18-2)15(21)19-13-7-3-6-12(16)14(13)17/h3,6-7,10-11,18H,4-5,8-9H2,1-2H3,(H,19,21). The maximum Gasteiger partial charge on any atom is 0.241 e. The Morgan fingerprint density at radius 1 is 1.43 bits per heavy atom. The van der Waals surface area contributed by atoms with Gasteiger partial charge < -0.3 is 10.6 Å². The number of likely N-dealkylation sites (tertiary alicyclic amines) is 1. The molecule has 2 N–H and O–H groups in total. The number of carbonyl (C=O) groups is 1. The monoisotopic (exact) mass is 329 g/mol. The third-order valence-corrected chi connectivity index (χ3v) is 4.82. The summed E-state index contributed by atoms with van der Waals surface area (Å²) in [5.41, 5.74) is 0.559. The van der Waals surface area contributed by atoms with Crippen LogP contribution in [0.15, 0.2) is 18.2 Å². The smallest absolute Gasteiger partial charge is 0.241 e. The SMILES string of the molecule is CNC1CCCN(C(C)C(=O)Nc2cccc(Cl)c2Cl)C1. The molecule has 0 bridgehead atoms. The summed E-state index contributed by atoms with van der Waals surface area (Å²) >= 11 is 12.1. The van der Waals surface area contributed by atoms with Gasteiger partial charge in [0.05, 0.1) is 21.8 Å². The van der Waals surface area contributed by atoms with Crippen LogP contribution in [-0.4, -0.2) is 43.0 Å². The fourth-order valence-corrected chi connectivity index (χ4v) is 2.94. The van der Waals surface area contributed by atoms with Crippen LogP contribution >= 0.6 is 23.2 Å². The molecule has 2 atom stereocenters. The molecule has 1 aliphatic heterocycles. The molecule has 0 saturated carbocycles. The average Bonchev–Trinajstić information content (AvgIpc) is 2.51. The number of carbonyl (C=O) groups excluding carboxylic acids is 1. The maximum absolute atomic E-state index is 12.4. The van der Waals surface area contributed by atoms with Crippen molar-refractivity contribution in [2.45, 2.75) is 31.8 Å². The van der Waals surface area contributed by atoms with Crippen LogP contribution in [0.5, 0.6) is 0 Å². The summed E-state index contributed by atoms with van der Waals surface area (Å²) in [5, 5.41) is 6.97. The van der Waals surface area contributed by atoms with Crippen molar-refractivity contribution in [1.82, 2.24) is 10.2 Å². The second-order valence-electron chi connectivity index (χ2n) is 5.39. The normalized spacial score (nSPS) is 21.0. The topological polar surface area (TPSA) is 44.4 Å². The van der Waals surface area contributed by atoms with Gasteiger partial charge in [-0.25, -0.2) is 0 Å². The Morgan fingerprint density at radius 2 is 2.19 bits per heavy atom. The molecular weight excluding hydrogens is 309 g/mol. The van der Waals surface area contributed by atoms with Crippen molar-refractivity contribution in [3.05, 3.63) is 28.2 Å². The van der Waals surface area contributed by atoms with E-state index in [4.69, 9.17) is 23.2 Å². The molecule has 1 heterocycles. The van der Waals surface area contributed by atoms with Crippen LogP contribution in [0.1, 0.15) is 19.8 Å². The molecule has 116 valence electrons. The minimum atomic E-state index is -0.198. The van der Waals surface area contributed by atoms with E-state index in [1.807, 2.05) is 14.0 Å². The van der Waals surface area contributed by atoms with Gasteiger partial charge in [0.25, 0.3) is 0 Å². The Hall–Kier alpha value is -0.810. The van der Waals surface area contributed by atoms with E-state index < -0.39 is 0 Å². The van der Waals surface area contributed by atoms with Crippen LogP contribution < -0.4 is 10.6 Å². The van der Waals surface area contributed by atoms with Gasteiger partial charge in [0, 0.05) is 12.6 Å². The van der Waals surface area contributed by atoms with E-state index in [1.54, 1.807) is 18.2 Å². The number of anilines is 1. The minimum Gasteiger partial charge on any atom is -0.323 e. The van der Waals surface area contributed by atoms with Crippen molar-refractivity contribution in [3.63, 3.8) is 0 Å². The quantitative estimate of drug-likeness (QED) is 0.892. The highest BCUT2D eigenvalue weighted by Crippen LogP contribution is 2.29. The Kier molecular flexibility index (Phi) is 5.88. The second kappa shape index (κ2) is 7.45. The third kappa shape index (κ3) is 4.10. The molecule has 21 heavy (non-hydrogen) atoms. The summed E-state index contributed by atoms with van der Waals surface area (Å²) in [6.07, 6.45) is 2.25. The van der Waals surface area contributed by atoms with Crippen LogP contribution in [0, 0.1) is 0 Å². The highest BCUT2D eigenvalue weighted by molar-refractivity contribution is 6.44.